The average molecular weight is 437 g/mol. The van der Waals surface area contributed by atoms with Gasteiger partial charge in [0.1, 0.15) is 11.8 Å². The highest BCUT2D eigenvalue weighted by Crippen LogP contribution is 2.44. The van der Waals surface area contributed by atoms with E-state index in [2.05, 4.69) is 11.9 Å². The van der Waals surface area contributed by atoms with Crippen LogP contribution in [0.2, 0.25) is 0 Å². The Hall–Kier alpha value is -3.23. The van der Waals surface area contributed by atoms with E-state index in [1.165, 1.54) is 39.4 Å². The first-order valence-corrected chi connectivity index (χ1v) is 11.1. The summed E-state index contributed by atoms with van der Waals surface area (Å²) in [5, 5.41) is 12.9. The molecule has 4 aromatic rings. The van der Waals surface area contributed by atoms with Crippen LogP contribution in [0.25, 0.3) is 10.2 Å². The lowest BCUT2D eigenvalue weighted by molar-refractivity contribution is -0.117. The normalized spacial score (nSPS) is 16.8. The van der Waals surface area contributed by atoms with E-state index >= 15 is 0 Å². The van der Waals surface area contributed by atoms with Gasteiger partial charge in [0.05, 0.1) is 26.9 Å². The molecule has 0 bridgehead atoms. The van der Waals surface area contributed by atoms with Crippen molar-refractivity contribution in [1.29, 1.82) is 0 Å². The van der Waals surface area contributed by atoms with Crippen molar-refractivity contribution < 1.29 is 19.1 Å². The van der Waals surface area contributed by atoms with Gasteiger partial charge in [-0.1, -0.05) is 30.4 Å². The number of carbonyl (C=O) groups is 2. The number of thiazole rings is 1. The Morgan fingerprint density at radius 3 is 2.83 bits per heavy atom. The average Bonchev–Trinajstić information content (AvgIpc) is 3.54. The molecule has 0 fully saturated rings. The van der Waals surface area contributed by atoms with E-state index in [0.717, 1.165) is 16.6 Å². The number of thiophene rings is 1. The summed E-state index contributed by atoms with van der Waals surface area (Å²) in [7, 11) is 0. The first-order valence-electron chi connectivity index (χ1n) is 9.36. The predicted molar refractivity (Wildman–Crippen MR) is 116 cm³/mol. The van der Waals surface area contributed by atoms with Gasteiger partial charge >= 0.3 is 0 Å². The quantitative estimate of drug-likeness (QED) is 0.430. The number of furan rings is 1. The van der Waals surface area contributed by atoms with Crippen molar-refractivity contribution in [1.82, 2.24) is 4.98 Å². The van der Waals surface area contributed by atoms with E-state index in [0.29, 0.717) is 15.8 Å². The van der Waals surface area contributed by atoms with Crippen LogP contribution >= 0.6 is 22.7 Å². The molecule has 5 rings (SSSR count). The SMILES string of the molecule is CCc1ccc2nc(N3C(=O)C(O)=C(C(=O)c4cccs4)C3c3ccco3)sc2c1. The number of nitrogens with zero attached hydrogens (tertiary/aromatic N) is 2. The van der Waals surface area contributed by atoms with Gasteiger partial charge in [-0.25, -0.2) is 4.98 Å². The third kappa shape index (κ3) is 2.88. The van der Waals surface area contributed by atoms with E-state index in [9.17, 15) is 14.7 Å². The number of aliphatic hydroxyl groups excluding tert-OH is 1. The van der Waals surface area contributed by atoms with Gasteiger partial charge in [-0.15, -0.1) is 11.3 Å². The van der Waals surface area contributed by atoms with Crippen molar-refractivity contribution in [2.24, 2.45) is 0 Å². The van der Waals surface area contributed by atoms with E-state index in [1.54, 1.807) is 29.6 Å². The van der Waals surface area contributed by atoms with Gasteiger partial charge in [-0.2, -0.15) is 0 Å². The lowest BCUT2D eigenvalue weighted by Crippen LogP contribution is -2.30. The van der Waals surface area contributed by atoms with Crippen LogP contribution in [0.15, 0.2) is 69.9 Å². The Morgan fingerprint density at radius 2 is 2.13 bits per heavy atom. The summed E-state index contributed by atoms with van der Waals surface area (Å²) in [5.41, 5.74) is 1.93. The van der Waals surface area contributed by atoms with Crippen LogP contribution in [0.5, 0.6) is 0 Å². The summed E-state index contributed by atoms with van der Waals surface area (Å²) in [6.07, 6.45) is 2.37. The molecule has 1 atom stereocenters. The summed E-state index contributed by atoms with van der Waals surface area (Å²) in [6.45, 7) is 2.07. The molecule has 0 saturated carbocycles. The number of hydrogen-bond donors (Lipinski definition) is 1. The zero-order chi connectivity index (χ0) is 20.8. The molecular weight excluding hydrogens is 420 g/mol. The summed E-state index contributed by atoms with van der Waals surface area (Å²) in [6, 6.07) is 11.9. The fourth-order valence-corrected chi connectivity index (χ4v) is 5.30. The molecule has 150 valence electrons. The van der Waals surface area contributed by atoms with Crippen molar-refractivity contribution in [2.75, 3.05) is 4.90 Å². The highest BCUT2D eigenvalue weighted by atomic mass is 32.1. The molecule has 1 N–H and O–H groups in total. The molecule has 3 aromatic heterocycles. The number of ketones is 1. The van der Waals surface area contributed by atoms with Crippen LogP contribution in [0.3, 0.4) is 0 Å². The van der Waals surface area contributed by atoms with Gasteiger partial charge in [0, 0.05) is 0 Å². The van der Waals surface area contributed by atoms with Crippen LogP contribution in [-0.2, 0) is 11.2 Å². The number of aliphatic hydroxyl groups is 1. The van der Waals surface area contributed by atoms with E-state index in [1.807, 2.05) is 18.2 Å². The van der Waals surface area contributed by atoms with Gasteiger partial charge in [-0.3, -0.25) is 14.5 Å². The van der Waals surface area contributed by atoms with E-state index in [-0.39, 0.29) is 5.57 Å². The van der Waals surface area contributed by atoms with Crippen LogP contribution in [0, 0.1) is 0 Å². The van der Waals surface area contributed by atoms with Gasteiger partial charge in [0.25, 0.3) is 5.91 Å². The number of benzene rings is 1. The minimum Gasteiger partial charge on any atom is -0.503 e. The number of aromatic nitrogens is 1. The molecular formula is C22H16N2O4S2. The Morgan fingerprint density at radius 1 is 1.27 bits per heavy atom. The highest BCUT2D eigenvalue weighted by molar-refractivity contribution is 7.22. The minimum absolute atomic E-state index is 0.00547. The van der Waals surface area contributed by atoms with Crippen LogP contribution in [-0.4, -0.2) is 21.8 Å². The molecule has 1 aliphatic rings. The monoisotopic (exact) mass is 436 g/mol. The molecule has 1 aliphatic heterocycles. The molecule has 1 aromatic carbocycles. The van der Waals surface area contributed by atoms with Gasteiger partial charge in [0.2, 0.25) is 5.78 Å². The Bertz CT molecular complexity index is 1290. The van der Waals surface area contributed by atoms with Crippen molar-refractivity contribution in [2.45, 2.75) is 19.4 Å². The number of fused-ring (bicyclic) bond motifs is 1. The largest absolute Gasteiger partial charge is 0.503 e. The second-order valence-corrected chi connectivity index (χ2v) is 8.77. The topological polar surface area (TPSA) is 83.6 Å². The van der Waals surface area contributed by atoms with Crippen molar-refractivity contribution in [3.05, 3.63) is 81.6 Å². The van der Waals surface area contributed by atoms with Gasteiger partial charge in [-0.05, 0) is 47.7 Å². The van der Waals surface area contributed by atoms with Crippen LogP contribution in [0.1, 0.15) is 34.0 Å². The Kier molecular flexibility index (Phi) is 4.52. The third-order valence-corrected chi connectivity index (χ3v) is 6.95. The second-order valence-electron chi connectivity index (χ2n) is 6.81. The number of carbonyl (C=O) groups excluding carboxylic acids is 2. The first-order chi connectivity index (χ1) is 14.6. The van der Waals surface area contributed by atoms with Crippen molar-refractivity contribution >= 4 is 49.7 Å². The Balaban J connectivity index is 1.65. The summed E-state index contributed by atoms with van der Waals surface area (Å²) in [4.78, 5) is 32.7. The number of aryl methyl sites for hydroxylation is 1. The lowest BCUT2D eigenvalue weighted by atomic mass is 10.0. The van der Waals surface area contributed by atoms with Crippen LogP contribution in [0.4, 0.5) is 5.13 Å². The fourth-order valence-electron chi connectivity index (χ4n) is 3.57. The van der Waals surface area contributed by atoms with E-state index in [4.69, 9.17) is 4.42 Å². The number of rotatable bonds is 5. The van der Waals surface area contributed by atoms with Gasteiger partial charge in [0.15, 0.2) is 10.9 Å². The predicted octanol–water partition coefficient (Wildman–Crippen LogP) is 5.30. The lowest BCUT2D eigenvalue weighted by Gasteiger charge is -2.21. The molecule has 4 heterocycles. The molecule has 6 nitrogen and oxygen atoms in total. The van der Waals surface area contributed by atoms with Crippen molar-refractivity contribution in [3.8, 4) is 0 Å². The molecule has 30 heavy (non-hydrogen) atoms. The molecule has 1 amide bonds. The number of hydrogen-bond acceptors (Lipinski definition) is 7. The van der Waals surface area contributed by atoms with Crippen LogP contribution < -0.4 is 4.90 Å². The third-order valence-electron chi connectivity index (χ3n) is 5.07. The molecule has 0 spiro atoms. The molecule has 0 aliphatic carbocycles. The highest BCUT2D eigenvalue weighted by Gasteiger charge is 2.47. The molecule has 1 unspecified atom stereocenters. The van der Waals surface area contributed by atoms with Crippen molar-refractivity contribution in [3.63, 3.8) is 0 Å². The fraction of sp³-hybridized carbons (Fsp3) is 0.136. The molecule has 8 heteroatoms. The maximum atomic E-state index is 13.2. The molecule has 0 radical (unpaired) electrons. The maximum absolute atomic E-state index is 13.2. The maximum Gasteiger partial charge on any atom is 0.296 e. The molecule has 0 saturated heterocycles. The minimum atomic E-state index is -0.881. The zero-order valence-corrected chi connectivity index (χ0v) is 17.5. The van der Waals surface area contributed by atoms with Gasteiger partial charge < -0.3 is 9.52 Å². The summed E-state index contributed by atoms with van der Waals surface area (Å²) in [5.74, 6) is -1.23. The number of amides is 1. The second kappa shape index (κ2) is 7.23. The summed E-state index contributed by atoms with van der Waals surface area (Å²) >= 11 is 2.61. The smallest absolute Gasteiger partial charge is 0.296 e. The standard InChI is InChI=1S/C22H16N2O4S2/c1-2-12-7-8-13-16(11-12)30-22(23-13)24-18(14-5-3-9-28-14)17(20(26)21(24)27)19(25)15-6-4-10-29-15/h3-11,18,26H,2H2,1H3. The first kappa shape index (κ1) is 18.8. The summed E-state index contributed by atoms with van der Waals surface area (Å²) < 4.78 is 6.50. The zero-order valence-electron chi connectivity index (χ0n) is 15.9. The van der Waals surface area contributed by atoms with E-state index < -0.39 is 23.5 Å². The number of Topliss-reactive ketones (excluding diaryl/α,β-unsaturated/α-hetero) is 1. The number of anilines is 1. The Labute approximate surface area is 179 Å².